The maximum atomic E-state index is 11.9. The highest BCUT2D eigenvalue weighted by Crippen LogP contribution is 2.20. The molecule has 0 atom stereocenters. The van der Waals surface area contributed by atoms with Gasteiger partial charge in [-0.05, 0) is 42.8 Å². The number of ether oxygens (including phenoxy) is 1. The topological polar surface area (TPSA) is 56.8 Å². The highest BCUT2D eigenvalue weighted by Gasteiger charge is 2.32. The first-order valence-electron chi connectivity index (χ1n) is 7.13. The van der Waals surface area contributed by atoms with Crippen LogP contribution in [0, 0.1) is 0 Å². The first kappa shape index (κ1) is 17.7. The quantitative estimate of drug-likeness (QED) is 0.712. The Morgan fingerprint density at radius 3 is 2.24 bits per heavy atom. The molecule has 1 amide bonds. The van der Waals surface area contributed by atoms with E-state index in [9.17, 15) is 4.79 Å². The van der Waals surface area contributed by atoms with Crippen molar-refractivity contribution in [2.45, 2.75) is 31.9 Å². The molecule has 0 aliphatic carbocycles. The van der Waals surface area contributed by atoms with E-state index in [2.05, 4.69) is 12.2 Å². The molecule has 0 saturated carbocycles. The Balaban J connectivity index is 2.40. The number of rotatable bonds is 9. The summed E-state index contributed by atoms with van der Waals surface area (Å²) in [7, 11) is 2.91. The minimum Gasteiger partial charge on any atom is -0.497 e. The van der Waals surface area contributed by atoms with Crippen molar-refractivity contribution in [1.29, 1.82) is 0 Å². The molecule has 0 spiro atoms. The third-order valence-electron chi connectivity index (χ3n) is 3.62. The Kier molecular flexibility index (Phi) is 7.42. The third kappa shape index (κ3) is 5.49. The van der Waals surface area contributed by atoms with Gasteiger partial charge in [-0.25, -0.2) is 0 Å². The summed E-state index contributed by atoms with van der Waals surface area (Å²) in [6, 6.07) is 9.01. The number of anilines is 1. The number of amides is 1. The molecule has 0 radical (unpaired) electrons. The number of hydrogen-bond acceptors (Lipinski definition) is 4. The molecule has 1 aromatic carbocycles. The minimum absolute atomic E-state index is 0.00590. The zero-order valence-electron chi connectivity index (χ0n) is 13.3. The van der Waals surface area contributed by atoms with Crippen molar-refractivity contribution in [2.24, 2.45) is 0 Å². The average Bonchev–Trinajstić information content (AvgIpc) is 2.53. The third-order valence-corrected chi connectivity index (χ3v) is 7.30. The molecule has 1 rings (SSSR count). The van der Waals surface area contributed by atoms with Crippen LogP contribution in [0.1, 0.15) is 19.8 Å². The number of methoxy groups -OCH3 is 1. The lowest BCUT2D eigenvalue weighted by atomic mass is 10.2. The van der Waals surface area contributed by atoms with Crippen molar-refractivity contribution in [3.63, 3.8) is 0 Å². The zero-order chi connectivity index (χ0) is 15.7. The van der Waals surface area contributed by atoms with Crippen LogP contribution in [0.25, 0.3) is 0 Å². The summed E-state index contributed by atoms with van der Waals surface area (Å²) < 4.78 is 16.1. The summed E-state index contributed by atoms with van der Waals surface area (Å²) in [6.45, 7) is 2.07. The molecule has 1 N–H and O–H groups in total. The molecule has 0 aliphatic rings. The molecule has 0 aromatic heterocycles. The standard InChI is InChI=1S/C15H25NO4Si/c1-5-21(19-3,20-4)12-6-7-15(17)16-13-8-10-14(18-2)11-9-13/h8-11H,5-7,12H2,1-4H3,(H,16,17). The summed E-state index contributed by atoms with van der Waals surface area (Å²) in [6.07, 6.45) is 1.23. The van der Waals surface area contributed by atoms with Gasteiger partial charge >= 0.3 is 8.56 Å². The lowest BCUT2D eigenvalue weighted by molar-refractivity contribution is -0.116. The summed E-state index contributed by atoms with van der Waals surface area (Å²) in [4.78, 5) is 11.9. The molecule has 21 heavy (non-hydrogen) atoms. The summed E-state index contributed by atoms with van der Waals surface area (Å²) in [5, 5.41) is 2.87. The number of nitrogens with one attached hydrogen (secondary N) is 1. The van der Waals surface area contributed by atoms with Crippen LogP contribution in [0.15, 0.2) is 24.3 Å². The molecule has 0 bridgehead atoms. The second kappa shape index (κ2) is 8.81. The highest BCUT2D eigenvalue weighted by molar-refractivity contribution is 6.67. The summed E-state index contributed by atoms with van der Waals surface area (Å²) in [5.74, 6) is 0.776. The van der Waals surface area contributed by atoms with Crippen molar-refractivity contribution >= 4 is 20.2 Å². The Hall–Kier alpha value is -1.37. The zero-order valence-corrected chi connectivity index (χ0v) is 14.3. The van der Waals surface area contributed by atoms with Crippen molar-refractivity contribution in [1.82, 2.24) is 0 Å². The molecular formula is C15H25NO4Si. The van der Waals surface area contributed by atoms with Crippen molar-refractivity contribution < 1.29 is 18.4 Å². The van der Waals surface area contributed by atoms with Crippen LogP contribution in [0.4, 0.5) is 5.69 Å². The van der Waals surface area contributed by atoms with Crippen LogP contribution in [0.5, 0.6) is 5.75 Å². The fraction of sp³-hybridized carbons (Fsp3) is 0.533. The van der Waals surface area contributed by atoms with Crippen LogP contribution in [-0.4, -0.2) is 35.8 Å². The largest absolute Gasteiger partial charge is 0.497 e. The maximum Gasteiger partial charge on any atom is 0.337 e. The normalized spacial score (nSPS) is 11.2. The van der Waals surface area contributed by atoms with Crippen LogP contribution < -0.4 is 10.1 Å². The van der Waals surface area contributed by atoms with Gasteiger partial charge in [-0.3, -0.25) is 4.79 Å². The van der Waals surface area contributed by atoms with Crippen molar-refractivity contribution in [3.05, 3.63) is 24.3 Å². The van der Waals surface area contributed by atoms with Gasteiger partial charge in [-0.2, -0.15) is 0 Å². The van der Waals surface area contributed by atoms with E-state index in [0.717, 1.165) is 29.9 Å². The number of carbonyl (C=O) groups excluding carboxylic acids is 1. The maximum absolute atomic E-state index is 11.9. The van der Waals surface area contributed by atoms with Crippen LogP contribution >= 0.6 is 0 Å². The molecule has 1 aromatic rings. The molecule has 0 unspecified atom stereocenters. The van der Waals surface area contributed by atoms with Gasteiger partial charge < -0.3 is 18.9 Å². The van der Waals surface area contributed by atoms with Crippen LogP contribution in [0.2, 0.25) is 12.1 Å². The molecule has 5 nitrogen and oxygen atoms in total. The lowest BCUT2D eigenvalue weighted by Crippen LogP contribution is -2.39. The van der Waals surface area contributed by atoms with Crippen LogP contribution in [0.3, 0.4) is 0 Å². The monoisotopic (exact) mass is 311 g/mol. The Morgan fingerprint density at radius 2 is 1.76 bits per heavy atom. The second-order valence-corrected chi connectivity index (χ2v) is 8.65. The van der Waals surface area contributed by atoms with Gasteiger partial charge in [0.1, 0.15) is 5.75 Å². The molecule has 0 saturated heterocycles. The smallest absolute Gasteiger partial charge is 0.337 e. The Labute approximate surface area is 127 Å². The SMILES string of the molecule is CC[Si](CCCC(=O)Nc1ccc(OC)cc1)(OC)OC. The van der Waals surface area contributed by atoms with E-state index in [1.165, 1.54) is 0 Å². The molecular weight excluding hydrogens is 286 g/mol. The molecule has 0 heterocycles. The fourth-order valence-electron chi connectivity index (χ4n) is 2.17. The first-order chi connectivity index (χ1) is 10.1. The van der Waals surface area contributed by atoms with E-state index < -0.39 is 8.56 Å². The van der Waals surface area contributed by atoms with E-state index >= 15 is 0 Å². The van der Waals surface area contributed by atoms with Gasteiger partial charge in [-0.15, -0.1) is 0 Å². The van der Waals surface area contributed by atoms with E-state index in [1.807, 2.05) is 24.3 Å². The molecule has 0 aliphatic heterocycles. The summed E-state index contributed by atoms with van der Waals surface area (Å²) >= 11 is 0. The van der Waals surface area contributed by atoms with E-state index in [4.69, 9.17) is 13.6 Å². The Bertz CT molecular complexity index is 424. The number of hydrogen-bond donors (Lipinski definition) is 1. The predicted molar refractivity (Wildman–Crippen MR) is 85.9 cm³/mol. The average molecular weight is 311 g/mol. The van der Waals surface area contributed by atoms with Gasteiger partial charge in [0.05, 0.1) is 7.11 Å². The van der Waals surface area contributed by atoms with E-state index in [-0.39, 0.29) is 5.91 Å². The van der Waals surface area contributed by atoms with Crippen LogP contribution in [-0.2, 0) is 13.6 Å². The first-order valence-corrected chi connectivity index (χ1v) is 9.36. The Morgan fingerprint density at radius 1 is 1.14 bits per heavy atom. The van der Waals surface area contributed by atoms with Crippen molar-refractivity contribution in [2.75, 3.05) is 26.6 Å². The summed E-state index contributed by atoms with van der Waals surface area (Å²) in [5.41, 5.74) is 0.776. The number of benzene rings is 1. The number of carbonyl (C=O) groups is 1. The highest BCUT2D eigenvalue weighted by atomic mass is 28.4. The molecule has 118 valence electrons. The second-order valence-electron chi connectivity index (χ2n) is 4.80. The van der Waals surface area contributed by atoms with Gasteiger partial charge in [0.15, 0.2) is 0 Å². The van der Waals surface area contributed by atoms with Gasteiger partial charge in [0, 0.05) is 26.3 Å². The fourth-order valence-corrected chi connectivity index (χ4v) is 4.39. The van der Waals surface area contributed by atoms with Crippen molar-refractivity contribution in [3.8, 4) is 5.75 Å². The van der Waals surface area contributed by atoms with E-state index in [1.54, 1.807) is 21.3 Å². The minimum atomic E-state index is -2.09. The van der Waals surface area contributed by atoms with E-state index in [0.29, 0.717) is 6.42 Å². The molecule has 6 heteroatoms. The lowest BCUT2D eigenvalue weighted by Gasteiger charge is -2.25. The predicted octanol–water partition coefficient (Wildman–Crippen LogP) is 3.17. The van der Waals surface area contributed by atoms with Gasteiger partial charge in [0.2, 0.25) is 5.91 Å². The van der Waals surface area contributed by atoms with Gasteiger partial charge in [-0.1, -0.05) is 6.92 Å². The van der Waals surface area contributed by atoms with Gasteiger partial charge in [0.25, 0.3) is 0 Å². The molecule has 0 fully saturated rings.